The topological polar surface area (TPSA) is 111 Å². The molecular formula is C22H20N2O6. The van der Waals surface area contributed by atoms with Crippen LogP contribution in [0.1, 0.15) is 30.4 Å². The lowest BCUT2D eigenvalue weighted by Crippen LogP contribution is -2.42. The van der Waals surface area contributed by atoms with E-state index in [0.29, 0.717) is 0 Å². The first kappa shape index (κ1) is 19.6. The zero-order valence-electron chi connectivity index (χ0n) is 16.2. The van der Waals surface area contributed by atoms with Gasteiger partial charge in [0.2, 0.25) is 5.91 Å². The molecule has 1 heterocycles. The van der Waals surface area contributed by atoms with Gasteiger partial charge >= 0.3 is 12.1 Å². The lowest BCUT2D eigenvalue weighted by Gasteiger charge is -2.17. The lowest BCUT2D eigenvalue weighted by molar-refractivity contribution is -0.155. The van der Waals surface area contributed by atoms with E-state index >= 15 is 0 Å². The van der Waals surface area contributed by atoms with Crippen LogP contribution in [0.4, 0.5) is 4.79 Å². The predicted octanol–water partition coefficient (Wildman–Crippen LogP) is 1.87. The van der Waals surface area contributed by atoms with Crippen LogP contribution in [-0.4, -0.2) is 42.6 Å². The van der Waals surface area contributed by atoms with Gasteiger partial charge in [-0.1, -0.05) is 48.5 Å². The van der Waals surface area contributed by atoms with Crippen molar-refractivity contribution in [2.75, 3.05) is 6.61 Å². The quantitative estimate of drug-likeness (QED) is 0.577. The molecule has 0 bridgehead atoms. The number of carbonyl (C=O) groups excluding carboxylic acids is 4. The summed E-state index contributed by atoms with van der Waals surface area (Å²) in [6, 6.07) is 14.9. The summed E-state index contributed by atoms with van der Waals surface area (Å²) in [7, 11) is 0. The fourth-order valence-corrected chi connectivity index (χ4v) is 3.74. The SMILES string of the molecule is C[C@H](NC(=O)OCC1c2ccccc2-c2ccccc21)C(=O)OC1CC(=O)NC1=O. The fourth-order valence-electron chi connectivity index (χ4n) is 3.74. The molecule has 0 spiro atoms. The maximum absolute atomic E-state index is 12.2. The van der Waals surface area contributed by atoms with Gasteiger partial charge in [-0.05, 0) is 29.2 Å². The molecule has 4 rings (SSSR count). The molecule has 154 valence electrons. The molecule has 30 heavy (non-hydrogen) atoms. The average Bonchev–Trinajstić information content (AvgIpc) is 3.22. The van der Waals surface area contributed by atoms with Crippen LogP contribution in [0.15, 0.2) is 48.5 Å². The van der Waals surface area contributed by atoms with E-state index in [0.717, 1.165) is 22.3 Å². The highest BCUT2D eigenvalue weighted by Gasteiger charge is 2.35. The number of rotatable bonds is 5. The second-order valence-electron chi connectivity index (χ2n) is 7.23. The maximum atomic E-state index is 12.2. The van der Waals surface area contributed by atoms with Crippen LogP contribution in [0.3, 0.4) is 0 Å². The molecule has 1 aliphatic carbocycles. The highest BCUT2D eigenvalue weighted by molar-refractivity contribution is 6.05. The van der Waals surface area contributed by atoms with E-state index in [1.165, 1.54) is 6.92 Å². The number of hydrogen-bond acceptors (Lipinski definition) is 6. The minimum Gasteiger partial charge on any atom is -0.450 e. The number of imide groups is 1. The first-order valence-electron chi connectivity index (χ1n) is 9.59. The number of benzene rings is 2. The molecule has 8 heteroatoms. The van der Waals surface area contributed by atoms with Crippen LogP contribution in [0.5, 0.6) is 0 Å². The molecule has 0 saturated carbocycles. The van der Waals surface area contributed by atoms with E-state index in [4.69, 9.17) is 9.47 Å². The third kappa shape index (κ3) is 3.76. The second-order valence-corrected chi connectivity index (χ2v) is 7.23. The molecular weight excluding hydrogens is 388 g/mol. The third-order valence-corrected chi connectivity index (χ3v) is 5.22. The van der Waals surface area contributed by atoms with E-state index in [-0.39, 0.29) is 18.9 Å². The molecule has 3 amide bonds. The molecule has 1 fully saturated rings. The van der Waals surface area contributed by atoms with Gasteiger partial charge in [0.25, 0.3) is 5.91 Å². The van der Waals surface area contributed by atoms with Crippen LogP contribution in [0.25, 0.3) is 11.1 Å². The minimum absolute atomic E-state index is 0.0985. The van der Waals surface area contributed by atoms with Crippen molar-refractivity contribution >= 4 is 23.9 Å². The van der Waals surface area contributed by atoms with Gasteiger partial charge < -0.3 is 14.8 Å². The van der Waals surface area contributed by atoms with Gasteiger partial charge in [-0.25, -0.2) is 9.59 Å². The van der Waals surface area contributed by atoms with Gasteiger partial charge in [0, 0.05) is 5.92 Å². The Morgan fingerprint density at radius 1 is 1.07 bits per heavy atom. The Balaban J connectivity index is 1.34. The molecule has 2 aromatic rings. The zero-order valence-corrected chi connectivity index (χ0v) is 16.2. The molecule has 2 atom stereocenters. The van der Waals surface area contributed by atoms with Crippen LogP contribution in [0.2, 0.25) is 0 Å². The summed E-state index contributed by atoms with van der Waals surface area (Å²) >= 11 is 0. The zero-order chi connectivity index (χ0) is 21.3. The molecule has 1 unspecified atom stereocenters. The van der Waals surface area contributed by atoms with Gasteiger partial charge in [-0.2, -0.15) is 0 Å². The third-order valence-electron chi connectivity index (χ3n) is 5.22. The van der Waals surface area contributed by atoms with E-state index in [2.05, 4.69) is 10.6 Å². The second kappa shape index (κ2) is 7.98. The van der Waals surface area contributed by atoms with Crippen molar-refractivity contribution in [3.63, 3.8) is 0 Å². The van der Waals surface area contributed by atoms with Crippen molar-refractivity contribution in [3.8, 4) is 11.1 Å². The van der Waals surface area contributed by atoms with E-state index in [1.54, 1.807) is 0 Å². The van der Waals surface area contributed by atoms with Crippen molar-refractivity contribution in [3.05, 3.63) is 59.7 Å². The minimum atomic E-state index is -1.17. The first-order chi connectivity index (χ1) is 14.4. The van der Waals surface area contributed by atoms with Crippen molar-refractivity contribution in [2.24, 2.45) is 0 Å². The van der Waals surface area contributed by atoms with E-state index in [1.807, 2.05) is 48.5 Å². The Hall–Kier alpha value is -3.68. The van der Waals surface area contributed by atoms with Crippen LogP contribution >= 0.6 is 0 Å². The van der Waals surface area contributed by atoms with Gasteiger partial charge in [0.1, 0.15) is 12.6 Å². The number of alkyl carbamates (subject to hydrolysis) is 1. The Morgan fingerprint density at radius 3 is 2.23 bits per heavy atom. The van der Waals surface area contributed by atoms with Crippen LogP contribution < -0.4 is 10.6 Å². The largest absolute Gasteiger partial charge is 0.450 e. The molecule has 2 aliphatic rings. The lowest BCUT2D eigenvalue weighted by atomic mass is 9.98. The molecule has 0 aromatic heterocycles. The summed E-state index contributed by atoms with van der Waals surface area (Å²) in [4.78, 5) is 47.0. The molecule has 0 radical (unpaired) electrons. The number of ether oxygens (including phenoxy) is 2. The normalized spacial score (nSPS) is 18.2. The first-order valence-corrected chi connectivity index (χ1v) is 9.59. The summed E-state index contributed by atoms with van der Waals surface area (Å²) in [5.74, 6) is -2.09. The number of nitrogens with one attached hydrogen (secondary N) is 2. The number of hydrogen-bond donors (Lipinski definition) is 2. The summed E-state index contributed by atoms with van der Waals surface area (Å²) in [5, 5.41) is 4.45. The molecule has 2 N–H and O–H groups in total. The monoisotopic (exact) mass is 408 g/mol. The molecule has 2 aromatic carbocycles. The van der Waals surface area contributed by atoms with E-state index in [9.17, 15) is 19.2 Å². The van der Waals surface area contributed by atoms with Gasteiger partial charge in [0.05, 0.1) is 6.42 Å². The number of carbonyl (C=O) groups is 4. The molecule has 1 saturated heterocycles. The van der Waals surface area contributed by atoms with Crippen molar-refractivity contribution in [1.29, 1.82) is 0 Å². The summed E-state index contributed by atoms with van der Waals surface area (Å²) in [5.41, 5.74) is 4.39. The number of amides is 3. The van der Waals surface area contributed by atoms with Gasteiger partial charge in [-0.15, -0.1) is 0 Å². The Labute approximate surface area is 172 Å². The van der Waals surface area contributed by atoms with Gasteiger partial charge in [-0.3, -0.25) is 14.9 Å². The fraction of sp³-hybridized carbons (Fsp3) is 0.273. The van der Waals surface area contributed by atoms with Crippen LogP contribution in [-0.2, 0) is 23.9 Å². The van der Waals surface area contributed by atoms with Crippen LogP contribution in [0, 0.1) is 0 Å². The predicted molar refractivity (Wildman–Crippen MR) is 105 cm³/mol. The van der Waals surface area contributed by atoms with Crippen molar-refractivity contribution in [2.45, 2.75) is 31.4 Å². The average molecular weight is 408 g/mol. The Bertz CT molecular complexity index is 988. The highest BCUT2D eigenvalue weighted by Crippen LogP contribution is 2.44. The highest BCUT2D eigenvalue weighted by atomic mass is 16.6. The summed E-state index contributed by atoms with van der Waals surface area (Å²) < 4.78 is 10.4. The summed E-state index contributed by atoms with van der Waals surface area (Å²) in [6.07, 6.45) is -2.16. The Kier molecular flexibility index (Phi) is 5.22. The standard InChI is InChI=1S/C22H20N2O6/c1-12(21(27)30-18-10-19(25)24-20(18)26)23-22(28)29-11-17-15-8-4-2-6-13(15)14-7-3-5-9-16(14)17/h2-9,12,17-18H,10-11H2,1H3,(H,23,28)(H,24,25,26)/t12-,18?/m0/s1. The maximum Gasteiger partial charge on any atom is 0.407 e. The number of esters is 1. The van der Waals surface area contributed by atoms with Crippen molar-refractivity contribution in [1.82, 2.24) is 10.6 Å². The van der Waals surface area contributed by atoms with Crippen molar-refractivity contribution < 1.29 is 28.7 Å². The number of fused-ring (bicyclic) bond motifs is 3. The molecule has 8 nitrogen and oxygen atoms in total. The smallest absolute Gasteiger partial charge is 0.407 e. The van der Waals surface area contributed by atoms with Gasteiger partial charge in [0.15, 0.2) is 6.10 Å². The Morgan fingerprint density at radius 2 is 1.67 bits per heavy atom. The van der Waals surface area contributed by atoms with E-state index < -0.39 is 36.0 Å². The molecule has 1 aliphatic heterocycles. The summed E-state index contributed by atoms with van der Waals surface area (Å²) in [6.45, 7) is 1.53.